The minimum Gasteiger partial charge on any atom is -0.382 e. The topological polar surface area (TPSA) is 97.8 Å². The number of nitrogens with zero attached hydrogens (tertiary/aromatic N) is 1. The van der Waals surface area contributed by atoms with Gasteiger partial charge in [-0.05, 0) is 18.2 Å². The van der Waals surface area contributed by atoms with Gasteiger partial charge in [0.05, 0.1) is 10.5 Å². The smallest absolute Gasteiger partial charge is 0.344 e. The van der Waals surface area contributed by atoms with E-state index >= 15 is 0 Å². The van der Waals surface area contributed by atoms with Crippen LogP contribution in [0.25, 0.3) is 0 Å². The van der Waals surface area contributed by atoms with Gasteiger partial charge >= 0.3 is 10.1 Å². The largest absolute Gasteiger partial charge is 0.382 e. The summed E-state index contributed by atoms with van der Waals surface area (Å²) < 4.78 is 51.1. The Hall–Kier alpha value is -1.58. The third-order valence-corrected chi connectivity index (χ3v) is 5.13. The molecule has 1 aliphatic heterocycles. The van der Waals surface area contributed by atoms with E-state index < -0.39 is 29.9 Å². The second-order valence-corrected chi connectivity index (χ2v) is 8.50. The summed E-state index contributed by atoms with van der Waals surface area (Å²) in [6.07, 6.45) is 1.09. The van der Waals surface area contributed by atoms with E-state index in [1.165, 1.54) is 19.0 Å². The zero-order chi connectivity index (χ0) is 16.0. The Morgan fingerprint density at radius 1 is 1.29 bits per heavy atom. The van der Waals surface area contributed by atoms with E-state index in [-0.39, 0.29) is 16.2 Å². The molecule has 0 fully saturated rings. The number of Topliss-reactive ketones (excluding diaryl/α,β-unsaturated/α-hetero) is 1. The normalized spacial score (nSPS) is 19.0. The number of ketones is 1. The molecule has 0 saturated carbocycles. The highest BCUT2D eigenvalue weighted by atomic mass is 35.7. The van der Waals surface area contributed by atoms with Crippen molar-refractivity contribution >= 4 is 35.6 Å². The summed E-state index contributed by atoms with van der Waals surface area (Å²) in [7, 11) is -0.0160. The Morgan fingerprint density at radius 3 is 2.43 bits per heavy atom. The van der Waals surface area contributed by atoms with E-state index in [1.807, 2.05) is 0 Å². The Morgan fingerprint density at radius 2 is 1.90 bits per heavy atom. The minimum absolute atomic E-state index is 0.181. The average Bonchev–Trinajstić information content (AvgIpc) is 2.32. The molecular formula is C11H10ClNO6S2. The second-order valence-electron chi connectivity index (χ2n) is 4.42. The quantitative estimate of drug-likeness (QED) is 0.444. The van der Waals surface area contributed by atoms with Gasteiger partial charge in [0.1, 0.15) is 0 Å². The maximum absolute atomic E-state index is 12.3. The summed E-state index contributed by atoms with van der Waals surface area (Å²) in [6, 6.07) is 3.12. The average molecular weight is 352 g/mol. The van der Waals surface area contributed by atoms with Gasteiger partial charge in [-0.1, -0.05) is 0 Å². The summed E-state index contributed by atoms with van der Waals surface area (Å²) in [5, 5.41) is 0. The second kappa shape index (κ2) is 5.00. The SMILES string of the molecule is CN(C)/C=C1\C(=O)c2cc(S(=O)(=O)Cl)ccc2OS1(=O)=O. The fourth-order valence-corrected chi connectivity index (χ4v) is 3.60. The Balaban J connectivity index is 2.69. The highest BCUT2D eigenvalue weighted by Crippen LogP contribution is 2.34. The van der Waals surface area contributed by atoms with Crippen molar-refractivity contribution in [2.75, 3.05) is 14.1 Å². The Bertz CT molecular complexity index is 855. The van der Waals surface area contributed by atoms with Crippen molar-refractivity contribution in [3.63, 3.8) is 0 Å². The van der Waals surface area contributed by atoms with Crippen LogP contribution in [-0.4, -0.2) is 41.6 Å². The number of carbonyl (C=O) groups excluding carboxylic acids is 1. The minimum atomic E-state index is -4.24. The predicted molar refractivity (Wildman–Crippen MR) is 75.1 cm³/mol. The molecule has 114 valence electrons. The molecule has 0 spiro atoms. The molecule has 1 heterocycles. The van der Waals surface area contributed by atoms with E-state index in [0.717, 1.165) is 24.4 Å². The maximum Gasteiger partial charge on any atom is 0.344 e. The highest BCUT2D eigenvalue weighted by Gasteiger charge is 2.37. The molecule has 1 aliphatic rings. The van der Waals surface area contributed by atoms with Gasteiger partial charge in [-0.3, -0.25) is 4.79 Å². The van der Waals surface area contributed by atoms with Gasteiger partial charge in [0.2, 0.25) is 5.78 Å². The molecular weight excluding hydrogens is 342 g/mol. The molecule has 0 bridgehead atoms. The monoisotopic (exact) mass is 351 g/mol. The van der Waals surface area contributed by atoms with E-state index in [9.17, 15) is 21.6 Å². The van der Waals surface area contributed by atoms with Crippen LogP contribution in [0.1, 0.15) is 10.4 Å². The molecule has 0 aromatic heterocycles. The molecule has 0 atom stereocenters. The van der Waals surface area contributed by atoms with Crippen molar-refractivity contribution in [3.05, 3.63) is 34.9 Å². The number of halogens is 1. The molecule has 7 nitrogen and oxygen atoms in total. The highest BCUT2D eigenvalue weighted by molar-refractivity contribution is 8.13. The van der Waals surface area contributed by atoms with Gasteiger partial charge < -0.3 is 9.08 Å². The first kappa shape index (κ1) is 15.8. The molecule has 2 rings (SSSR count). The number of hydrogen-bond donors (Lipinski definition) is 0. The molecule has 0 amide bonds. The van der Waals surface area contributed by atoms with Crippen LogP contribution in [0.3, 0.4) is 0 Å². The standard InChI is InChI=1S/C11H10ClNO6S2/c1-13(2)6-10-11(14)8-5-7(20(12,15)16)3-4-9(8)19-21(10,17)18/h3-6H,1-2H3/b10-6+. The van der Waals surface area contributed by atoms with Crippen molar-refractivity contribution < 1.29 is 25.8 Å². The predicted octanol–water partition coefficient (Wildman–Crippen LogP) is 0.922. The van der Waals surface area contributed by atoms with Crippen LogP contribution in [0.15, 0.2) is 34.2 Å². The number of benzene rings is 1. The number of carbonyl (C=O) groups is 1. The lowest BCUT2D eigenvalue weighted by molar-refractivity contribution is 0.103. The van der Waals surface area contributed by atoms with Gasteiger partial charge in [-0.25, -0.2) is 8.42 Å². The zero-order valence-electron chi connectivity index (χ0n) is 10.9. The molecule has 1 aromatic carbocycles. The first-order valence-corrected chi connectivity index (χ1v) is 9.20. The van der Waals surface area contributed by atoms with Gasteiger partial charge in [-0.15, -0.1) is 0 Å². The fraction of sp³-hybridized carbons (Fsp3) is 0.182. The van der Waals surface area contributed by atoms with E-state index in [2.05, 4.69) is 0 Å². The Kier molecular flexibility index (Phi) is 3.77. The Labute approximate surface area is 126 Å². The van der Waals surface area contributed by atoms with Crippen LogP contribution in [-0.2, 0) is 19.2 Å². The first-order chi connectivity index (χ1) is 9.52. The van der Waals surface area contributed by atoms with E-state index in [0.29, 0.717) is 0 Å². The van der Waals surface area contributed by atoms with Crippen LogP contribution >= 0.6 is 10.7 Å². The molecule has 1 aromatic rings. The maximum atomic E-state index is 12.3. The molecule has 10 heteroatoms. The van der Waals surface area contributed by atoms with Crippen molar-refractivity contribution in [1.82, 2.24) is 4.90 Å². The van der Waals surface area contributed by atoms with Crippen LogP contribution < -0.4 is 4.18 Å². The summed E-state index contributed by atoms with van der Waals surface area (Å²) >= 11 is 0. The van der Waals surface area contributed by atoms with Gasteiger partial charge in [0.25, 0.3) is 9.05 Å². The van der Waals surface area contributed by atoms with Gasteiger partial charge in [-0.2, -0.15) is 8.42 Å². The van der Waals surface area contributed by atoms with Crippen LogP contribution in [0.5, 0.6) is 5.75 Å². The fourth-order valence-electron chi connectivity index (χ4n) is 1.68. The van der Waals surface area contributed by atoms with Crippen molar-refractivity contribution in [2.45, 2.75) is 4.90 Å². The van der Waals surface area contributed by atoms with Crippen LogP contribution in [0.4, 0.5) is 0 Å². The van der Waals surface area contributed by atoms with Crippen molar-refractivity contribution in [2.24, 2.45) is 0 Å². The molecule has 0 unspecified atom stereocenters. The number of fused-ring (bicyclic) bond motifs is 1. The molecule has 0 saturated heterocycles. The number of hydrogen-bond acceptors (Lipinski definition) is 7. The lowest BCUT2D eigenvalue weighted by Crippen LogP contribution is -2.27. The summed E-state index contributed by atoms with van der Waals surface area (Å²) in [5.74, 6) is -1.09. The summed E-state index contributed by atoms with van der Waals surface area (Å²) in [4.78, 5) is 12.7. The van der Waals surface area contributed by atoms with Gasteiger partial charge in [0, 0.05) is 31.0 Å². The molecule has 21 heavy (non-hydrogen) atoms. The van der Waals surface area contributed by atoms with Crippen LogP contribution in [0.2, 0.25) is 0 Å². The number of rotatable bonds is 2. The molecule has 0 N–H and O–H groups in total. The first-order valence-electron chi connectivity index (χ1n) is 5.48. The number of allylic oxidation sites excluding steroid dienone is 1. The molecule has 0 aliphatic carbocycles. The van der Waals surface area contributed by atoms with Crippen LogP contribution in [0, 0.1) is 0 Å². The van der Waals surface area contributed by atoms with E-state index in [4.69, 9.17) is 14.9 Å². The van der Waals surface area contributed by atoms with Crippen molar-refractivity contribution in [3.8, 4) is 5.75 Å². The summed E-state index contributed by atoms with van der Waals surface area (Å²) in [6.45, 7) is 0. The zero-order valence-corrected chi connectivity index (χ0v) is 13.3. The van der Waals surface area contributed by atoms with E-state index in [1.54, 1.807) is 0 Å². The lowest BCUT2D eigenvalue weighted by Gasteiger charge is -2.19. The van der Waals surface area contributed by atoms with Gasteiger partial charge in [0.15, 0.2) is 10.7 Å². The van der Waals surface area contributed by atoms with Crippen molar-refractivity contribution in [1.29, 1.82) is 0 Å². The molecule has 0 radical (unpaired) electrons. The third-order valence-electron chi connectivity index (χ3n) is 2.55. The third kappa shape index (κ3) is 3.04. The summed E-state index contributed by atoms with van der Waals surface area (Å²) in [5.41, 5.74) is -0.181. The lowest BCUT2D eigenvalue weighted by atomic mass is 10.1.